The smallest absolute Gasteiger partial charge is 0.500 e. The van der Waals surface area contributed by atoms with E-state index in [9.17, 15) is 0 Å². The van der Waals surface area contributed by atoms with E-state index < -0.39 is 28.8 Å². The monoisotopic (exact) mass is 764 g/mol. The summed E-state index contributed by atoms with van der Waals surface area (Å²) >= 11 is 0. The number of pyridine rings is 2. The molecule has 0 bridgehead atoms. The molecule has 0 fully saturated rings. The first kappa shape index (κ1) is 36.1. The van der Waals surface area contributed by atoms with Gasteiger partial charge in [-0.25, -0.2) is 9.37 Å². The first-order valence-electron chi connectivity index (χ1n) is 15.5. The van der Waals surface area contributed by atoms with Crippen molar-refractivity contribution in [1.82, 2.24) is 9.97 Å². The molecule has 6 aromatic rings. The Labute approximate surface area is 303 Å². The molecule has 0 aliphatic rings. The predicted molar refractivity (Wildman–Crippen MR) is 186 cm³/mol. The molecule has 4 aromatic carbocycles. The summed E-state index contributed by atoms with van der Waals surface area (Å²) in [6.07, 6.45) is 3.04. The van der Waals surface area contributed by atoms with Crippen LogP contribution in [-0.4, -0.2) is 24.1 Å². The number of hydrogen-bond donors (Lipinski definition) is 0. The summed E-state index contributed by atoms with van der Waals surface area (Å²) in [6, 6.07) is 30.1. The minimum atomic E-state index is -1.72. The van der Waals surface area contributed by atoms with Crippen LogP contribution in [0.25, 0.3) is 11.3 Å². The standard InChI is InChI=1S/C40H33F3N4O2.Pd/c1-24-10-12-34(26(3)17-24)47(35-13-11-25(2)18-27(35)4)29-19-28(46(5)37-9-7-8-15-45-37)20-31(21-29)49-36-23-32(38(41)40(43)39(36)42)33-22-30(48-6)14-16-44-33;/h7-19,21-22H,1-6H3;/q-2;+2. The van der Waals surface area contributed by atoms with E-state index in [1.54, 1.807) is 23.2 Å². The van der Waals surface area contributed by atoms with Crippen LogP contribution in [0.1, 0.15) is 22.3 Å². The molecular weight excluding hydrogens is 732 g/mol. The second kappa shape index (κ2) is 15.2. The van der Waals surface area contributed by atoms with Gasteiger partial charge in [-0.1, -0.05) is 64.5 Å². The van der Waals surface area contributed by atoms with Crippen LogP contribution in [0, 0.1) is 57.3 Å². The van der Waals surface area contributed by atoms with E-state index in [-0.39, 0.29) is 31.9 Å². The Morgan fingerprint density at radius 2 is 1.38 bits per heavy atom. The van der Waals surface area contributed by atoms with Gasteiger partial charge in [0.1, 0.15) is 23.2 Å². The van der Waals surface area contributed by atoms with Gasteiger partial charge in [-0.05, 0) is 80.9 Å². The van der Waals surface area contributed by atoms with Crippen molar-refractivity contribution in [1.29, 1.82) is 0 Å². The summed E-state index contributed by atoms with van der Waals surface area (Å²) in [5.41, 5.74) is 6.78. The molecular formula is C40H33F3N4O2Pd. The van der Waals surface area contributed by atoms with Crippen LogP contribution in [-0.2, 0) is 20.4 Å². The summed E-state index contributed by atoms with van der Waals surface area (Å²) < 4.78 is 56.9. The predicted octanol–water partition coefficient (Wildman–Crippen LogP) is 10.4. The van der Waals surface area contributed by atoms with E-state index in [0.29, 0.717) is 22.9 Å². The molecule has 0 amide bonds. The van der Waals surface area contributed by atoms with E-state index in [1.807, 2.05) is 83.3 Å². The molecule has 0 aliphatic carbocycles. The number of rotatable bonds is 9. The van der Waals surface area contributed by atoms with E-state index in [2.05, 4.69) is 39.1 Å². The number of aryl methyl sites for hydroxylation is 4. The second-order valence-electron chi connectivity index (χ2n) is 11.7. The molecule has 0 saturated carbocycles. The number of methoxy groups -OCH3 is 1. The Morgan fingerprint density at radius 1 is 0.700 bits per heavy atom. The fourth-order valence-corrected chi connectivity index (χ4v) is 5.64. The van der Waals surface area contributed by atoms with Gasteiger partial charge in [0.05, 0.1) is 18.7 Å². The number of ether oxygens (including phenoxy) is 2. The molecule has 6 rings (SSSR count). The molecule has 0 spiro atoms. The van der Waals surface area contributed by atoms with Crippen LogP contribution < -0.4 is 19.3 Å². The third-order valence-electron chi connectivity index (χ3n) is 8.09. The normalized spacial score (nSPS) is 10.7. The molecule has 50 heavy (non-hydrogen) atoms. The number of anilines is 5. The molecule has 0 N–H and O–H groups in total. The van der Waals surface area contributed by atoms with Gasteiger partial charge in [0.2, 0.25) is 0 Å². The van der Waals surface area contributed by atoms with Crippen molar-refractivity contribution in [3.63, 3.8) is 0 Å². The molecule has 6 nitrogen and oxygen atoms in total. The van der Waals surface area contributed by atoms with Crippen molar-refractivity contribution in [2.75, 3.05) is 24.0 Å². The summed E-state index contributed by atoms with van der Waals surface area (Å²) in [4.78, 5) is 12.5. The van der Waals surface area contributed by atoms with Crippen molar-refractivity contribution in [3.05, 3.63) is 143 Å². The maximum absolute atomic E-state index is 15.4. The van der Waals surface area contributed by atoms with Gasteiger partial charge in [-0.15, -0.1) is 18.2 Å². The molecule has 0 atom stereocenters. The summed E-state index contributed by atoms with van der Waals surface area (Å²) in [7, 11) is 3.25. The minimum Gasteiger partial charge on any atom is -0.500 e. The maximum atomic E-state index is 15.4. The molecule has 2 aromatic heterocycles. The van der Waals surface area contributed by atoms with Crippen LogP contribution in [0.15, 0.2) is 91.3 Å². The second-order valence-corrected chi connectivity index (χ2v) is 11.7. The van der Waals surface area contributed by atoms with Gasteiger partial charge in [-0.3, -0.25) is 8.78 Å². The molecule has 10 heteroatoms. The zero-order valence-corrected chi connectivity index (χ0v) is 29.8. The van der Waals surface area contributed by atoms with E-state index >= 15 is 13.2 Å². The van der Waals surface area contributed by atoms with Gasteiger partial charge < -0.3 is 24.3 Å². The number of aromatic nitrogens is 2. The van der Waals surface area contributed by atoms with Gasteiger partial charge in [-0.2, -0.15) is 0 Å². The van der Waals surface area contributed by atoms with Crippen molar-refractivity contribution in [2.45, 2.75) is 27.7 Å². The third-order valence-corrected chi connectivity index (χ3v) is 8.09. The summed E-state index contributed by atoms with van der Waals surface area (Å²) in [5, 5.41) is 0. The summed E-state index contributed by atoms with van der Waals surface area (Å²) in [5.74, 6) is -4.38. The van der Waals surface area contributed by atoms with Crippen LogP contribution in [0.2, 0.25) is 0 Å². The number of nitrogens with zero attached hydrogens (tertiary/aromatic N) is 4. The van der Waals surface area contributed by atoms with Crippen molar-refractivity contribution in [2.24, 2.45) is 0 Å². The zero-order valence-electron chi connectivity index (χ0n) is 28.2. The first-order valence-corrected chi connectivity index (χ1v) is 15.5. The number of hydrogen-bond acceptors (Lipinski definition) is 6. The zero-order chi connectivity index (χ0) is 34.8. The Kier molecular flexibility index (Phi) is 11.0. The van der Waals surface area contributed by atoms with Gasteiger partial charge >= 0.3 is 20.4 Å². The largest absolute Gasteiger partial charge is 2.00 e. The minimum absolute atomic E-state index is 0. The molecule has 2 heterocycles. The molecule has 0 unspecified atom stereocenters. The number of halogens is 3. The first-order chi connectivity index (χ1) is 23.5. The molecule has 256 valence electrons. The fraction of sp³-hybridized carbons (Fsp3) is 0.150. The quantitative estimate of drug-likeness (QED) is 0.0830. The van der Waals surface area contributed by atoms with Crippen LogP contribution >= 0.6 is 0 Å². The Morgan fingerprint density at radius 3 is 1.98 bits per heavy atom. The molecule has 0 radical (unpaired) electrons. The van der Waals surface area contributed by atoms with E-state index in [4.69, 9.17) is 9.47 Å². The average Bonchev–Trinajstić information content (AvgIpc) is 3.10. The maximum Gasteiger partial charge on any atom is 2.00 e. The van der Waals surface area contributed by atoms with Crippen molar-refractivity contribution >= 4 is 28.6 Å². The van der Waals surface area contributed by atoms with E-state index in [0.717, 1.165) is 33.6 Å². The topological polar surface area (TPSA) is 50.7 Å². The van der Waals surface area contributed by atoms with Gasteiger partial charge in [0, 0.05) is 36.6 Å². The fourth-order valence-electron chi connectivity index (χ4n) is 5.64. The Bertz CT molecular complexity index is 2110. The van der Waals surface area contributed by atoms with E-state index in [1.165, 1.54) is 19.4 Å². The van der Waals surface area contributed by atoms with Crippen molar-refractivity contribution < 1.29 is 43.1 Å². The number of benzene rings is 4. The Balaban J connectivity index is 0.00000486. The summed E-state index contributed by atoms with van der Waals surface area (Å²) in [6.45, 7) is 8.13. The van der Waals surface area contributed by atoms with Gasteiger partial charge in [0.25, 0.3) is 0 Å². The van der Waals surface area contributed by atoms with Gasteiger partial charge in [0.15, 0.2) is 0 Å². The molecule has 0 aliphatic heterocycles. The molecule has 0 saturated heterocycles. The van der Waals surface area contributed by atoms with Crippen LogP contribution in [0.3, 0.4) is 0 Å². The van der Waals surface area contributed by atoms with Crippen LogP contribution in [0.5, 0.6) is 17.2 Å². The van der Waals surface area contributed by atoms with Crippen LogP contribution in [0.4, 0.5) is 41.7 Å². The Hall–Kier alpha value is -5.17. The average molecular weight is 765 g/mol. The third kappa shape index (κ3) is 7.37. The van der Waals surface area contributed by atoms with Crippen molar-refractivity contribution in [3.8, 4) is 28.5 Å². The SMILES string of the molecule is COc1ccnc(-c2[c-]c(Oc3[c-]c(N(C)c4ccccn4)cc(N(c4ccc(C)cc4C)c4ccc(C)cc4C)c3)c(F)c(F)c2F)c1.[Pd+2].